The van der Waals surface area contributed by atoms with Gasteiger partial charge in [0.05, 0.1) is 11.1 Å². The molecule has 0 spiro atoms. The van der Waals surface area contributed by atoms with Crippen molar-refractivity contribution >= 4 is 18.1 Å². The largest absolute Gasteiger partial charge is 0.504 e. The third-order valence-corrected chi connectivity index (χ3v) is 2.32. The summed E-state index contributed by atoms with van der Waals surface area (Å²) in [6.45, 7) is 1.62. The van der Waals surface area contributed by atoms with Gasteiger partial charge in [0.25, 0.3) is 0 Å². The summed E-state index contributed by atoms with van der Waals surface area (Å²) >= 11 is 0. The zero-order valence-electron chi connectivity index (χ0n) is 9.67. The van der Waals surface area contributed by atoms with Crippen LogP contribution in [-0.4, -0.2) is 22.3 Å². The van der Waals surface area contributed by atoms with Gasteiger partial charge in [-0.25, -0.2) is 0 Å². The third-order valence-electron chi connectivity index (χ3n) is 2.32. The number of hydrogen-bond acceptors (Lipinski definition) is 5. The van der Waals surface area contributed by atoms with Gasteiger partial charge < -0.3 is 10.2 Å². The Labute approximate surface area is 104 Å². The van der Waals surface area contributed by atoms with Crippen molar-refractivity contribution in [3.8, 4) is 17.6 Å². The molecule has 92 valence electrons. The first kappa shape index (κ1) is 13.5. The van der Waals surface area contributed by atoms with E-state index in [9.17, 15) is 19.8 Å². The summed E-state index contributed by atoms with van der Waals surface area (Å²) in [5.74, 6) is -1.34. The van der Waals surface area contributed by atoms with Crippen LogP contribution in [0.2, 0.25) is 0 Å². The molecule has 0 radical (unpaired) electrons. The second-order valence-electron chi connectivity index (χ2n) is 3.54. The van der Waals surface area contributed by atoms with Crippen molar-refractivity contribution in [1.82, 2.24) is 0 Å². The molecule has 0 aromatic heterocycles. The van der Waals surface area contributed by atoms with Gasteiger partial charge in [-0.1, -0.05) is 6.92 Å². The smallest absolute Gasteiger partial charge is 0.175 e. The van der Waals surface area contributed by atoms with Gasteiger partial charge in [0.2, 0.25) is 0 Å². The minimum atomic E-state index is -0.524. The molecule has 0 unspecified atom stereocenters. The predicted octanol–water partition coefficient (Wildman–Crippen LogP) is 1.53. The lowest BCUT2D eigenvalue weighted by atomic mass is 10.0. The first-order valence-electron chi connectivity index (χ1n) is 5.19. The van der Waals surface area contributed by atoms with Crippen LogP contribution in [0.4, 0.5) is 0 Å². The lowest BCUT2D eigenvalue weighted by molar-refractivity contribution is -0.117. The zero-order valence-corrected chi connectivity index (χ0v) is 9.67. The number of carbonyl (C=O) groups is 2. The average molecular weight is 245 g/mol. The van der Waals surface area contributed by atoms with Crippen LogP contribution in [0.1, 0.15) is 24.5 Å². The summed E-state index contributed by atoms with van der Waals surface area (Å²) in [6, 6.07) is 4.15. The summed E-state index contributed by atoms with van der Waals surface area (Å²) in [5.41, 5.74) is 0.118. The Balaban J connectivity index is 3.31. The number of allylic oxidation sites excluding steroid dienone is 1. The first-order valence-corrected chi connectivity index (χ1v) is 5.19. The van der Waals surface area contributed by atoms with Crippen molar-refractivity contribution in [1.29, 1.82) is 5.26 Å². The third kappa shape index (κ3) is 2.74. The summed E-state index contributed by atoms with van der Waals surface area (Å²) in [7, 11) is 0. The van der Waals surface area contributed by atoms with E-state index < -0.39 is 11.5 Å². The number of hydrogen-bond donors (Lipinski definition) is 2. The van der Waals surface area contributed by atoms with Gasteiger partial charge in [-0.05, 0) is 23.8 Å². The minimum Gasteiger partial charge on any atom is -0.504 e. The molecule has 0 bridgehead atoms. The highest BCUT2D eigenvalue weighted by molar-refractivity contribution is 6.15. The molecule has 5 nitrogen and oxygen atoms in total. The van der Waals surface area contributed by atoms with E-state index in [0.29, 0.717) is 11.8 Å². The Morgan fingerprint density at radius 3 is 2.61 bits per heavy atom. The Morgan fingerprint density at radius 1 is 1.44 bits per heavy atom. The number of ketones is 1. The highest BCUT2D eigenvalue weighted by Gasteiger charge is 2.10. The molecule has 0 aliphatic rings. The van der Waals surface area contributed by atoms with Gasteiger partial charge in [-0.15, -0.1) is 0 Å². The van der Waals surface area contributed by atoms with Crippen molar-refractivity contribution in [2.45, 2.75) is 13.3 Å². The topological polar surface area (TPSA) is 98.4 Å². The number of rotatable bonds is 4. The van der Waals surface area contributed by atoms with Crippen LogP contribution in [-0.2, 0) is 9.59 Å². The van der Waals surface area contributed by atoms with Crippen molar-refractivity contribution in [2.75, 3.05) is 0 Å². The van der Waals surface area contributed by atoms with Gasteiger partial charge in [-0.2, -0.15) is 5.26 Å². The van der Waals surface area contributed by atoms with Crippen LogP contribution < -0.4 is 0 Å². The fourth-order valence-corrected chi connectivity index (χ4v) is 1.37. The van der Waals surface area contributed by atoms with Crippen LogP contribution >= 0.6 is 0 Å². The molecule has 0 aliphatic carbocycles. The van der Waals surface area contributed by atoms with Gasteiger partial charge in [0.1, 0.15) is 6.07 Å². The first-order chi connectivity index (χ1) is 8.53. The van der Waals surface area contributed by atoms with Gasteiger partial charge in [0.15, 0.2) is 23.6 Å². The highest BCUT2D eigenvalue weighted by Crippen LogP contribution is 2.30. The monoisotopic (exact) mass is 245 g/mol. The fraction of sp³-hybridized carbons (Fsp3) is 0.154. The molecular weight excluding hydrogens is 234 g/mol. The van der Waals surface area contributed by atoms with Crippen LogP contribution in [0.5, 0.6) is 11.5 Å². The lowest BCUT2D eigenvalue weighted by Crippen LogP contribution is -2.01. The molecule has 1 aromatic carbocycles. The maximum absolute atomic E-state index is 11.4. The van der Waals surface area contributed by atoms with Crippen molar-refractivity contribution in [2.24, 2.45) is 0 Å². The number of aldehydes is 1. The maximum atomic E-state index is 11.4. The number of benzene rings is 1. The Hall–Kier alpha value is -2.61. The van der Waals surface area contributed by atoms with Gasteiger partial charge >= 0.3 is 0 Å². The van der Waals surface area contributed by atoms with Crippen LogP contribution in [0.25, 0.3) is 6.08 Å². The Morgan fingerprint density at radius 2 is 2.11 bits per heavy atom. The van der Waals surface area contributed by atoms with E-state index in [2.05, 4.69) is 0 Å². The summed E-state index contributed by atoms with van der Waals surface area (Å²) in [5, 5.41) is 27.5. The number of nitriles is 1. The lowest BCUT2D eigenvalue weighted by Gasteiger charge is -2.03. The summed E-state index contributed by atoms with van der Waals surface area (Å²) < 4.78 is 0. The number of Topliss-reactive ketones (excluding diaryl/α,β-unsaturated/α-hetero) is 1. The average Bonchev–Trinajstić information content (AvgIpc) is 2.38. The van der Waals surface area contributed by atoms with Crippen molar-refractivity contribution in [3.63, 3.8) is 0 Å². The molecule has 0 atom stereocenters. The van der Waals surface area contributed by atoms with E-state index in [1.54, 1.807) is 13.0 Å². The Bertz CT molecular complexity index is 567. The second kappa shape index (κ2) is 5.64. The SMILES string of the molecule is CCC(=O)C(C=O)=Cc1cc(O)c(O)c(C#N)c1. The number of phenols is 2. The van der Waals surface area contributed by atoms with Crippen molar-refractivity contribution < 1.29 is 19.8 Å². The van der Waals surface area contributed by atoms with E-state index in [0.717, 1.165) is 0 Å². The fourth-order valence-electron chi connectivity index (χ4n) is 1.37. The molecule has 1 rings (SSSR count). The van der Waals surface area contributed by atoms with Gasteiger partial charge in [0, 0.05) is 6.42 Å². The number of aromatic hydroxyl groups is 2. The van der Waals surface area contributed by atoms with E-state index in [1.807, 2.05) is 0 Å². The van der Waals surface area contributed by atoms with E-state index in [-0.39, 0.29) is 23.3 Å². The van der Waals surface area contributed by atoms with Crippen LogP contribution in [0.3, 0.4) is 0 Å². The molecule has 18 heavy (non-hydrogen) atoms. The molecule has 2 N–H and O–H groups in total. The predicted molar refractivity (Wildman–Crippen MR) is 63.8 cm³/mol. The zero-order chi connectivity index (χ0) is 13.7. The van der Waals surface area contributed by atoms with E-state index in [1.165, 1.54) is 18.2 Å². The Kier molecular flexibility index (Phi) is 4.22. The standard InChI is InChI=1S/C13H11NO4/c1-2-11(16)10(7-15)4-8-3-9(6-14)13(18)12(17)5-8/h3-5,7,17-18H,2H2,1H3. The van der Waals surface area contributed by atoms with Crippen LogP contribution in [0, 0.1) is 11.3 Å². The van der Waals surface area contributed by atoms with E-state index in [4.69, 9.17) is 5.26 Å². The number of nitrogens with zero attached hydrogens (tertiary/aromatic N) is 1. The number of phenolic OH excluding ortho intramolecular Hbond substituents is 2. The molecule has 0 aliphatic heterocycles. The van der Waals surface area contributed by atoms with Crippen LogP contribution in [0.15, 0.2) is 17.7 Å². The molecule has 5 heteroatoms. The maximum Gasteiger partial charge on any atom is 0.175 e. The molecule has 1 aromatic rings. The highest BCUT2D eigenvalue weighted by atomic mass is 16.3. The summed E-state index contributed by atoms with van der Waals surface area (Å²) in [6.07, 6.45) is 1.86. The second-order valence-corrected chi connectivity index (χ2v) is 3.54. The molecular formula is C13H11NO4. The molecule has 0 fully saturated rings. The quantitative estimate of drug-likeness (QED) is 0.275. The summed E-state index contributed by atoms with van der Waals surface area (Å²) in [4.78, 5) is 22.1. The minimum absolute atomic E-state index is 0.0496. The molecule has 0 amide bonds. The van der Waals surface area contributed by atoms with Gasteiger partial charge in [-0.3, -0.25) is 9.59 Å². The molecule has 0 heterocycles. The van der Waals surface area contributed by atoms with Crippen molar-refractivity contribution in [3.05, 3.63) is 28.8 Å². The molecule has 0 saturated heterocycles. The molecule has 0 saturated carbocycles. The normalized spacial score (nSPS) is 10.8. The number of carbonyl (C=O) groups excluding carboxylic acids is 2. The van der Waals surface area contributed by atoms with E-state index >= 15 is 0 Å².